The largest absolute Gasteiger partial charge is 0.398 e. The van der Waals surface area contributed by atoms with Gasteiger partial charge in [0.05, 0.1) is 6.20 Å². The predicted molar refractivity (Wildman–Crippen MR) is 93.0 cm³/mol. The molecule has 0 amide bonds. The van der Waals surface area contributed by atoms with Crippen LogP contribution in [0.5, 0.6) is 0 Å². The van der Waals surface area contributed by atoms with Crippen molar-refractivity contribution in [1.82, 2.24) is 9.38 Å². The van der Waals surface area contributed by atoms with E-state index in [9.17, 15) is 8.78 Å². The summed E-state index contributed by atoms with van der Waals surface area (Å²) in [6.07, 6.45) is 4.64. The Kier molecular flexibility index (Phi) is 3.60. The third-order valence-corrected chi connectivity index (χ3v) is 4.43. The van der Waals surface area contributed by atoms with Crippen LogP contribution in [-0.4, -0.2) is 15.1 Å². The van der Waals surface area contributed by atoms with Gasteiger partial charge in [0.15, 0.2) is 0 Å². The monoisotopic (exact) mass is 338 g/mol. The van der Waals surface area contributed by atoms with Gasteiger partial charge >= 0.3 is 0 Å². The van der Waals surface area contributed by atoms with Crippen LogP contribution in [0.2, 0.25) is 0 Å². The maximum absolute atomic E-state index is 13.9. The number of nitrogens with zero attached hydrogens (tertiary/aromatic N) is 2. The van der Waals surface area contributed by atoms with Crippen molar-refractivity contribution in [2.75, 3.05) is 0 Å². The van der Waals surface area contributed by atoms with Crippen LogP contribution in [0.4, 0.5) is 8.78 Å². The van der Waals surface area contributed by atoms with Crippen LogP contribution in [0.1, 0.15) is 24.0 Å². The molecule has 3 N–H and O–H groups in total. The van der Waals surface area contributed by atoms with Crippen molar-refractivity contribution in [3.8, 4) is 0 Å². The smallest absolute Gasteiger partial charge is 0.217 e. The first kappa shape index (κ1) is 15.5. The van der Waals surface area contributed by atoms with Crippen LogP contribution >= 0.6 is 0 Å². The first-order valence-electron chi connectivity index (χ1n) is 8.02. The molecule has 126 valence electrons. The summed E-state index contributed by atoms with van der Waals surface area (Å²) in [6, 6.07) is 9.31. The van der Waals surface area contributed by atoms with Gasteiger partial charge in [0.1, 0.15) is 11.5 Å². The highest BCUT2D eigenvalue weighted by Crippen LogP contribution is 2.37. The van der Waals surface area contributed by atoms with Crippen molar-refractivity contribution in [3.63, 3.8) is 0 Å². The lowest BCUT2D eigenvalue weighted by molar-refractivity contribution is 0.573. The van der Waals surface area contributed by atoms with Gasteiger partial charge < -0.3 is 11.1 Å². The summed E-state index contributed by atoms with van der Waals surface area (Å²) in [5.41, 5.74) is 9.48. The Bertz CT molecular complexity index is 998. The fraction of sp³-hybridized carbons (Fsp3) is 0.158. The van der Waals surface area contributed by atoms with E-state index < -0.39 is 5.95 Å². The number of nitrogens with one attached hydrogen (secondary N) is 1. The van der Waals surface area contributed by atoms with Crippen LogP contribution in [0.15, 0.2) is 48.8 Å². The third-order valence-electron chi connectivity index (χ3n) is 4.43. The lowest BCUT2D eigenvalue weighted by Gasteiger charge is -2.14. The van der Waals surface area contributed by atoms with E-state index >= 15 is 0 Å². The first-order chi connectivity index (χ1) is 12.0. The van der Waals surface area contributed by atoms with Gasteiger partial charge in [0.25, 0.3) is 0 Å². The molecule has 1 aliphatic carbocycles. The Morgan fingerprint density at radius 2 is 1.76 bits per heavy atom. The average Bonchev–Trinajstić information content (AvgIpc) is 3.40. The minimum Gasteiger partial charge on any atom is -0.398 e. The third kappa shape index (κ3) is 2.80. The molecule has 25 heavy (non-hydrogen) atoms. The molecule has 6 heteroatoms. The first-order valence-corrected chi connectivity index (χ1v) is 8.02. The van der Waals surface area contributed by atoms with E-state index in [4.69, 9.17) is 11.1 Å². The van der Waals surface area contributed by atoms with E-state index in [-0.39, 0.29) is 11.7 Å². The van der Waals surface area contributed by atoms with Crippen LogP contribution in [-0.2, 0) is 0 Å². The summed E-state index contributed by atoms with van der Waals surface area (Å²) < 4.78 is 28.4. The number of allylic oxidation sites excluding steroid dienone is 1. The number of aromatic nitrogens is 2. The maximum Gasteiger partial charge on any atom is 0.217 e. The molecule has 0 bridgehead atoms. The molecule has 1 saturated carbocycles. The molecule has 2 aromatic heterocycles. The molecular weight excluding hydrogens is 322 g/mol. The number of hydrogen-bond acceptors (Lipinski definition) is 3. The highest BCUT2D eigenvalue weighted by molar-refractivity contribution is 6.30. The number of pyridine rings is 1. The van der Waals surface area contributed by atoms with E-state index in [0.29, 0.717) is 33.8 Å². The Hall–Kier alpha value is -3.02. The van der Waals surface area contributed by atoms with E-state index in [1.807, 2.05) is 0 Å². The second-order valence-electron chi connectivity index (χ2n) is 6.21. The van der Waals surface area contributed by atoms with Crippen molar-refractivity contribution in [3.05, 3.63) is 71.7 Å². The number of nitrogens with two attached hydrogens (primary N) is 1. The highest BCUT2D eigenvalue weighted by Gasteiger charge is 2.30. The van der Waals surface area contributed by atoms with Gasteiger partial charge in [-0.25, -0.2) is 9.37 Å². The van der Waals surface area contributed by atoms with E-state index in [1.165, 1.54) is 16.5 Å². The summed E-state index contributed by atoms with van der Waals surface area (Å²) in [4.78, 5) is 3.97. The van der Waals surface area contributed by atoms with Crippen LogP contribution in [0.3, 0.4) is 0 Å². The Morgan fingerprint density at radius 1 is 1.08 bits per heavy atom. The molecule has 1 aliphatic rings. The van der Waals surface area contributed by atoms with Gasteiger partial charge in [0.2, 0.25) is 5.95 Å². The Balaban J connectivity index is 1.90. The molecule has 0 saturated heterocycles. The van der Waals surface area contributed by atoms with Gasteiger partial charge in [0, 0.05) is 34.7 Å². The standard InChI is InChI=1S/C19H16F2N4/c20-14-6-3-12(4-7-14)19(23)17(18(22)11-1-2-11)13-5-8-16-24-9-15(21)25(16)10-13/h3-11,22H,1-2,23H2. The lowest BCUT2D eigenvalue weighted by atomic mass is 9.94. The number of fused-ring (bicyclic) bond motifs is 1. The molecule has 2 heterocycles. The topological polar surface area (TPSA) is 67.2 Å². The summed E-state index contributed by atoms with van der Waals surface area (Å²) in [7, 11) is 0. The molecule has 0 spiro atoms. The molecule has 0 unspecified atom stereocenters. The average molecular weight is 338 g/mol. The second kappa shape index (κ2) is 5.81. The van der Waals surface area contributed by atoms with Gasteiger partial charge in [-0.05, 0) is 54.8 Å². The fourth-order valence-electron chi connectivity index (χ4n) is 2.90. The van der Waals surface area contributed by atoms with Gasteiger partial charge in [-0.15, -0.1) is 0 Å². The Labute approximate surface area is 143 Å². The van der Waals surface area contributed by atoms with Crippen molar-refractivity contribution < 1.29 is 8.78 Å². The zero-order valence-corrected chi connectivity index (χ0v) is 13.3. The van der Waals surface area contributed by atoms with E-state index in [1.54, 1.807) is 30.5 Å². The number of halogens is 2. The van der Waals surface area contributed by atoms with Crippen molar-refractivity contribution in [2.45, 2.75) is 12.8 Å². The predicted octanol–water partition coefficient (Wildman–Crippen LogP) is 3.87. The highest BCUT2D eigenvalue weighted by atomic mass is 19.1. The minimum absolute atomic E-state index is 0.164. The van der Waals surface area contributed by atoms with Gasteiger partial charge in [-0.1, -0.05) is 0 Å². The normalized spacial score (nSPS) is 15.3. The zero-order chi connectivity index (χ0) is 17.6. The lowest BCUT2D eigenvalue weighted by Crippen LogP contribution is -2.11. The molecule has 1 fully saturated rings. The van der Waals surface area contributed by atoms with Gasteiger partial charge in [-0.2, -0.15) is 4.39 Å². The molecule has 1 aromatic carbocycles. The Morgan fingerprint density at radius 3 is 2.44 bits per heavy atom. The number of benzene rings is 1. The number of rotatable bonds is 4. The summed E-state index contributed by atoms with van der Waals surface area (Å²) in [6.45, 7) is 0. The molecule has 0 atom stereocenters. The quantitative estimate of drug-likeness (QED) is 0.709. The SMILES string of the molecule is N=C(C(=C(N)c1ccc(F)cc1)c1ccc2ncc(F)n2c1)C1CC1. The second-order valence-corrected chi connectivity index (χ2v) is 6.21. The maximum atomic E-state index is 13.9. The van der Waals surface area contributed by atoms with Gasteiger partial charge in [-0.3, -0.25) is 4.40 Å². The van der Waals surface area contributed by atoms with Crippen molar-refractivity contribution in [1.29, 1.82) is 5.41 Å². The van der Waals surface area contributed by atoms with Crippen LogP contribution in [0, 0.1) is 23.1 Å². The molecule has 4 nitrogen and oxygen atoms in total. The van der Waals surface area contributed by atoms with E-state index in [2.05, 4.69) is 4.98 Å². The van der Waals surface area contributed by atoms with Crippen LogP contribution in [0.25, 0.3) is 16.9 Å². The van der Waals surface area contributed by atoms with E-state index in [0.717, 1.165) is 19.0 Å². The summed E-state index contributed by atoms with van der Waals surface area (Å²) in [5.74, 6) is -0.663. The molecule has 0 aliphatic heterocycles. The molecule has 4 rings (SSSR count). The minimum atomic E-state index is -0.477. The molecule has 0 radical (unpaired) electrons. The number of hydrogen-bond donors (Lipinski definition) is 2. The van der Waals surface area contributed by atoms with Crippen LogP contribution < -0.4 is 5.73 Å². The number of imidazole rings is 1. The van der Waals surface area contributed by atoms with Crippen molar-refractivity contribution >= 4 is 22.6 Å². The summed E-state index contributed by atoms with van der Waals surface area (Å²) >= 11 is 0. The zero-order valence-electron chi connectivity index (χ0n) is 13.3. The molecular formula is C19H16F2N4. The van der Waals surface area contributed by atoms with Crippen molar-refractivity contribution in [2.24, 2.45) is 11.7 Å². The fourth-order valence-corrected chi connectivity index (χ4v) is 2.90. The summed E-state index contributed by atoms with van der Waals surface area (Å²) in [5, 5.41) is 8.52. The molecule has 3 aromatic rings.